The number of ether oxygens (including phenoxy) is 1. The van der Waals surface area contributed by atoms with E-state index in [2.05, 4.69) is 17.0 Å². The van der Waals surface area contributed by atoms with Crippen LogP contribution in [0.1, 0.15) is 44.6 Å². The summed E-state index contributed by atoms with van der Waals surface area (Å²) in [5, 5.41) is 2.99. The van der Waals surface area contributed by atoms with Crippen molar-refractivity contribution in [1.82, 2.24) is 5.32 Å². The average molecular weight is 409 g/mol. The van der Waals surface area contributed by atoms with Gasteiger partial charge in [-0.15, -0.1) is 0 Å². The van der Waals surface area contributed by atoms with Crippen LogP contribution in [-0.4, -0.2) is 32.7 Å². The molecule has 2 aromatic carbocycles. The molecule has 0 aliphatic carbocycles. The minimum Gasteiger partial charge on any atom is -0.466 e. The average Bonchev–Trinajstić information content (AvgIpc) is 2.79. The highest BCUT2D eigenvalue weighted by Gasteiger charge is 2.11. The van der Waals surface area contributed by atoms with Crippen molar-refractivity contribution >= 4 is 23.8 Å². The molecule has 2 amide bonds. The maximum absolute atomic E-state index is 12.4. The smallest absolute Gasteiger partial charge is 0.330 e. The van der Waals surface area contributed by atoms with E-state index in [9.17, 15) is 9.59 Å². The maximum Gasteiger partial charge on any atom is 0.330 e. The molecule has 0 radical (unpaired) electrons. The van der Waals surface area contributed by atoms with E-state index in [1.165, 1.54) is 32.4 Å². The lowest BCUT2D eigenvalue weighted by Gasteiger charge is -2.19. The number of nitrogens with one attached hydrogen (secondary N) is 1. The fraction of sp³-hybridized carbons (Fsp3) is 0.360. The Kier molecular flexibility index (Phi) is 9.65. The molecular formula is C25H32N2O3. The first-order valence-electron chi connectivity index (χ1n) is 10.5. The van der Waals surface area contributed by atoms with Gasteiger partial charge in [0.05, 0.1) is 7.11 Å². The molecule has 0 fully saturated rings. The molecule has 0 saturated heterocycles. The maximum atomic E-state index is 12.4. The fourth-order valence-electron chi connectivity index (χ4n) is 3.07. The van der Waals surface area contributed by atoms with Gasteiger partial charge in [-0.25, -0.2) is 9.59 Å². The van der Waals surface area contributed by atoms with Crippen molar-refractivity contribution in [3.8, 4) is 11.1 Å². The van der Waals surface area contributed by atoms with Crippen LogP contribution in [0.3, 0.4) is 0 Å². The monoisotopic (exact) mass is 408 g/mol. The molecule has 0 aliphatic rings. The largest absolute Gasteiger partial charge is 0.466 e. The Morgan fingerprint density at radius 2 is 1.73 bits per heavy atom. The Hall–Kier alpha value is -3.08. The number of urea groups is 1. The summed E-state index contributed by atoms with van der Waals surface area (Å²) in [6, 6.07) is 15.7. The first-order valence-corrected chi connectivity index (χ1v) is 10.5. The van der Waals surface area contributed by atoms with E-state index < -0.39 is 0 Å². The van der Waals surface area contributed by atoms with Crippen molar-refractivity contribution in [2.45, 2.75) is 39.0 Å². The quantitative estimate of drug-likeness (QED) is 0.314. The highest BCUT2D eigenvalue weighted by atomic mass is 16.5. The highest BCUT2D eigenvalue weighted by molar-refractivity contribution is 5.92. The molecule has 0 aromatic heterocycles. The Morgan fingerprint density at radius 3 is 2.43 bits per heavy atom. The highest BCUT2D eigenvalue weighted by Crippen LogP contribution is 2.25. The minimum atomic E-state index is -0.381. The van der Waals surface area contributed by atoms with Crippen LogP contribution >= 0.6 is 0 Å². The predicted octanol–water partition coefficient (Wildman–Crippen LogP) is 5.66. The van der Waals surface area contributed by atoms with Gasteiger partial charge in [-0.3, -0.25) is 4.90 Å². The molecule has 0 aliphatic heterocycles. The molecule has 30 heavy (non-hydrogen) atoms. The molecule has 0 unspecified atom stereocenters. The van der Waals surface area contributed by atoms with Crippen LogP contribution in [-0.2, 0) is 9.53 Å². The SMILES string of the molecule is CCCCCCCNC(=O)N(C)c1cccc(-c2ccc(/C=C/C(=O)OC)cc2)c1. The topological polar surface area (TPSA) is 58.6 Å². The molecule has 0 saturated carbocycles. The Balaban J connectivity index is 1.97. The fourth-order valence-corrected chi connectivity index (χ4v) is 3.07. The number of hydrogen-bond donors (Lipinski definition) is 1. The van der Waals surface area contributed by atoms with Gasteiger partial charge in [0, 0.05) is 25.4 Å². The Labute approximate surface area is 179 Å². The van der Waals surface area contributed by atoms with Gasteiger partial charge in [0.15, 0.2) is 0 Å². The molecule has 0 spiro atoms. The second-order valence-electron chi connectivity index (χ2n) is 7.23. The molecule has 5 nitrogen and oxygen atoms in total. The van der Waals surface area contributed by atoms with E-state index in [4.69, 9.17) is 0 Å². The molecule has 2 rings (SSSR count). The number of hydrogen-bond acceptors (Lipinski definition) is 3. The lowest BCUT2D eigenvalue weighted by Crippen LogP contribution is -2.37. The summed E-state index contributed by atoms with van der Waals surface area (Å²) in [5.41, 5.74) is 3.81. The number of rotatable bonds is 10. The van der Waals surface area contributed by atoms with Crippen molar-refractivity contribution in [2.24, 2.45) is 0 Å². The lowest BCUT2D eigenvalue weighted by molar-refractivity contribution is -0.134. The first-order chi connectivity index (χ1) is 14.5. The van der Waals surface area contributed by atoms with Gasteiger partial charge in [-0.2, -0.15) is 0 Å². The predicted molar refractivity (Wildman–Crippen MR) is 123 cm³/mol. The van der Waals surface area contributed by atoms with Crippen molar-refractivity contribution in [1.29, 1.82) is 0 Å². The van der Waals surface area contributed by atoms with Crippen LogP contribution in [0.2, 0.25) is 0 Å². The van der Waals surface area contributed by atoms with E-state index in [1.54, 1.807) is 18.0 Å². The summed E-state index contributed by atoms with van der Waals surface area (Å²) in [6.45, 7) is 2.90. The van der Waals surface area contributed by atoms with Gasteiger partial charge in [0.25, 0.3) is 0 Å². The Bertz CT molecular complexity index is 844. The van der Waals surface area contributed by atoms with Crippen LogP contribution in [0.5, 0.6) is 0 Å². The van der Waals surface area contributed by atoms with Gasteiger partial charge >= 0.3 is 12.0 Å². The zero-order chi connectivity index (χ0) is 21.8. The first kappa shape index (κ1) is 23.2. The number of nitrogens with zero attached hydrogens (tertiary/aromatic N) is 1. The molecule has 0 bridgehead atoms. The van der Waals surface area contributed by atoms with Crippen LogP contribution in [0.25, 0.3) is 17.2 Å². The number of benzene rings is 2. The third-order valence-electron chi connectivity index (χ3n) is 4.95. The Morgan fingerprint density at radius 1 is 1.00 bits per heavy atom. The molecular weight excluding hydrogens is 376 g/mol. The molecule has 0 atom stereocenters. The standard InChI is InChI=1S/C25H32N2O3/c1-4-5-6-7-8-18-26-25(29)27(2)23-11-9-10-22(19-23)21-15-12-20(13-16-21)14-17-24(28)30-3/h9-17,19H,4-8,18H2,1-3H3,(H,26,29)/b17-14+. The second kappa shape index (κ2) is 12.5. The van der Waals surface area contributed by atoms with Crippen LogP contribution in [0.15, 0.2) is 54.6 Å². The summed E-state index contributed by atoms with van der Waals surface area (Å²) in [7, 11) is 3.14. The normalized spacial score (nSPS) is 10.8. The molecule has 1 N–H and O–H groups in total. The van der Waals surface area contributed by atoms with E-state index >= 15 is 0 Å². The van der Waals surface area contributed by atoms with Gasteiger partial charge in [-0.05, 0) is 41.3 Å². The van der Waals surface area contributed by atoms with E-state index in [0.717, 1.165) is 35.2 Å². The zero-order valence-corrected chi connectivity index (χ0v) is 18.2. The van der Waals surface area contributed by atoms with Crippen LogP contribution in [0.4, 0.5) is 10.5 Å². The summed E-state index contributed by atoms with van der Waals surface area (Å²) in [4.78, 5) is 25.3. The third-order valence-corrected chi connectivity index (χ3v) is 4.95. The molecule has 2 aromatic rings. The summed E-state index contributed by atoms with van der Waals surface area (Å²) < 4.78 is 4.60. The van der Waals surface area contributed by atoms with Crippen molar-refractivity contribution < 1.29 is 14.3 Å². The number of unbranched alkanes of at least 4 members (excludes halogenated alkanes) is 4. The number of carbonyl (C=O) groups is 2. The summed E-state index contributed by atoms with van der Waals surface area (Å²) in [6.07, 6.45) is 8.97. The van der Waals surface area contributed by atoms with Gasteiger partial charge in [-0.1, -0.05) is 69.0 Å². The second-order valence-corrected chi connectivity index (χ2v) is 7.23. The summed E-state index contributed by atoms with van der Waals surface area (Å²) >= 11 is 0. The number of carbonyl (C=O) groups excluding carboxylic acids is 2. The van der Waals surface area contributed by atoms with Gasteiger partial charge < -0.3 is 10.1 Å². The van der Waals surface area contributed by atoms with Crippen molar-refractivity contribution in [3.05, 3.63) is 60.2 Å². The summed E-state index contributed by atoms with van der Waals surface area (Å²) in [5.74, 6) is -0.381. The number of esters is 1. The third kappa shape index (κ3) is 7.39. The van der Waals surface area contributed by atoms with Gasteiger partial charge in [0.1, 0.15) is 0 Å². The van der Waals surface area contributed by atoms with E-state index in [1.807, 2.05) is 48.5 Å². The number of methoxy groups -OCH3 is 1. The number of anilines is 1. The van der Waals surface area contributed by atoms with Crippen molar-refractivity contribution in [3.63, 3.8) is 0 Å². The van der Waals surface area contributed by atoms with Gasteiger partial charge in [0.2, 0.25) is 0 Å². The van der Waals surface area contributed by atoms with Crippen molar-refractivity contribution in [2.75, 3.05) is 25.6 Å². The van der Waals surface area contributed by atoms with Crippen LogP contribution < -0.4 is 10.2 Å². The zero-order valence-electron chi connectivity index (χ0n) is 18.2. The van der Waals surface area contributed by atoms with Crippen LogP contribution in [0, 0.1) is 0 Å². The minimum absolute atomic E-state index is 0.0917. The lowest BCUT2D eigenvalue weighted by atomic mass is 10.0. The number of amides is 2. The van der Waals surface area contributed by atoms with E-state index in [0.29, 0.717) is 6.54 Å². The molecule has 160 valence electrons. The molecule has 5 heteroatoms. The molecule has 0 heterocycles. The van der Waals surface area contributed by atoms with E-state index in [-0.39, 0.29) is 12.0 Å².